The summed E-state index contributed by atoms with van der Waals surface area (Å²) in [6.45, 7) is 9.78. The van der Waals surface area contributed by atoms with Gasteiger partial charge < -0.3 is 24.7 Å². The van der Waals surface area contributed by atoms with Gasteiger partial charge in [-0.25, -0.2) is 0 Å². The van der Waals surface area contributed by atoms with Gasteiger partial charge in [-0.3, -0.25) is 9.69 Å². The van der Waals surface area contributed by atoms with Crippen molar-refractivity contribution in [3.05, 3.63) is 66.9 Å². The highest BCUT2D eigenvalue weighted by Gasteiger charge is 2.43. The molecule has 2 unspecified atom stereocenters. The zero-order valence-corrected chi connectivity index (χ0v) is 26.2. The number of likely N-dealkylation sites (tertiary alicyclic amines) is 2. The highest BCUT2D eigenvalue weighted by molar-refractivity contribution is 6.01. The molecule has 3 aliphatic heterocycles. The van der Waals surface area contributed by atoms with Crippen LogP contribution in [0.5, 0.6) is 11.8 Å². The molecule has 0 spiro atoms. The summed E-state index contributed by atoms with van der Waals surface area (Å²) >= 11 is 0. The Morgan fingerprint density at radius 3 is 2.49 bits per heavy atom. The Morgan fingerprint density at radius 1 is 1.02 bits per heavy atom. The molecule has 0 radical (unpaired) electrons. The summed E-state index contributed by atoms with van der Waals surface area (Å²) in [5.74, 6) is 1.63. The first-order valence-corrected chi connectivity index (χ1v) is 15.9. The molecule has 2 bridgehead atoms. The quantitative estimate of drug-likeness (QED) is 0.266. The van der Waals surface area contributed by atoms with Crippen LogP contribution >= 0.6 is 0 Å². The van der Waals surface area contributed by atoms with Gasteiger partial charge in [-0.05, 0) is 99.3 Å². The lowest BCUT2D eigenvalue weighted by Crippen LogP contribution is -2.56. The van der Waals surface area contributed by atoms with Crippen LogP contribution in [0.25, 0.3) is 32.8 Å². The molecule has 3 saturated heterocycles. The maximum absolute atomic E-state index is 13.1. The first-order chi connectivity index (χ1) is 21.5. The van der Waals surface area contributed by atoms with Crippen molar-refractivity contribution in [3.8, 4) is 22.9 Å². The molecule has 3 fully saturated rings. The minimum absolute atomic E-state index is 0.0180. The molecular formula is C36H41N5O4. The molecule has 0 saturated carbocycles. The number of ether oxygens (including phenoxy) is 1. The molecule has 9 heteroatoms. The zero-order valence-electron chi connectivity index (χ0n) is 26.2. The lowest BCUT2D eigenvalue weighted by molar-refractivity contribution is -0.136. The van der Waals surface area contributed by atoms with E-state index in [0.717, 1.165) is 70.8 Å². The summed E-state index contributed by atoms with van der Waals surface area (Å²) in [5, 5.41) is 23.7. The molecule has 4 heterocycles. The van der Waals surface area contributed by atoms with Crippen LogP contribution in [0.2, 0.25) is 0 Å². The topological polar surface area (TPSA) is 102 Å². The number of nitrogens with zero attached hydrogens (tertiary/aromatic N) is 5. The summed E-state index contributed by atoms with van der Waals surface area (Å²) in [6.07, 6.45) is 4.08. The number of aromatic hydroxyl groups is 1. The summed E-state index contributed by atoms with van der Waals surface area (Å²) < 4.78 is 6.33. The molecule has 234 valence electrons. The van der Waals surface area contributed by atoms with Gasteiger partial charge >= 0.3 is 6.01 Å². The van der Waals surface area contributed by atoms with Gasteiger partial charge in [-0.1, -0.05) is 36.9 Å². The van der Waals surface area contributed by atoms with Crippen LogP contribution < -0.4 is 9.64 Å². The summed E-state index contributed by atoms with van der Waals surface area (Å²) in [4.78, 5) is 29.5. The number of carbonyl (C=O) groups excluding carboxylic acids is 1. The van der Waals surface area contributed by atoms with Crippen molar-refractivity contribution in [2.24, 2.45) is 0 Å². The van der Waals surface area contributed by atoms with Crippen LogP contribution in [0.4, 0.5) is 5.82 Å². The van der Waals surface area contributed by atoms with E-state index in [1.54, 1.807) is 26.0 Å². The van der Waals surface area contributed by atoms with Crippen molar-refractivity contribution in [2.45, 2.75) is 69.7 Å². The fraction of sp³-hybridized carbons (Fsp3) is 0.417. The number of likely N-dealkylation sites (N-methyl/N-ethyl adjacent to an activating group) is 1. The Balaban J connectivity index is 1.29. The molecule has 2 N–H and O–H groups in total. The number of phenolic OH excluding ortho intramolecular Hbond substituents is 1. The van der Waals surface area contributed by atoms with E-state index >= 15 is 0 Å². The molecule has 1 aromatic heterocycles. The number of rotatable bonds is 7. The molecule has 9 nitrogen and oxygen atoms in total. The van der Waals surface area contributed by atoms with Crippen molar-refractivity contribution in [2.75, 3.05) is 31.6 Å². The first kappa shape index (κ1) is 29.5. The number of hydrogen-bond acceptors (Lipinski definition) is 8. The van der Waals surface area contributed by atoms with Crippen molar-refractivity contribution < 1.29 is 19.7 Å². The van der Waals surface area contributed by atoms with Gasteiger partial charge in [0.15, 0.2) is 0 Å². The summed E-state index contributed by atoms with van der Waals surface area (Å²) in [5.41, 5.74) is 1.56. The maximum Gasteiger partial charge on any atom is 0.324 e. The number of hydrogen-bond donors (Lipinski definition) is 2. The standard InChI is InChI=1S/C36H41N5O4/c1-22(32-10-7-15-39(32)4)45-35-37-31-17-24(30-18-27(42)16-23-8-5-6-9-28(23)30)11-14-29(31)34(38-35)41-25-12-13-26(41)21-40(20-25)33(43)19-36(2,3)44/h5-6,8-9,11,14,16-18,25-26,32,42,44H,1,7,10,12-13,15,19-21H2,2-4H3/t25?,26?,32-/m0/s1. The van der Waals surface area contributed by atoms with Crippen LogP contribution in [0.15, 0.2) is 66.9 Å². The van der Waals surface area contributed by atoms with E-state index in [2.05, 4.69) is 41.6 Å². The lowest BCUT2D eigenvalue weighted by atomic mass is 9.97. The number of aliphatic hydroxyl groups is 1. The van der Waals surface area contributed by atoms with E-state index in [1.165, 1.54) is 0 Å². The molecule has 3 atom stereocenters. The molecule has 1 amide bonds. The third-order valence-electron chi connectivity index (χ3n) is 9.59. The average molecular weight is 608 g/mol. The van der Waals surface area contributed by atoms with Crippen LogP contribution in [-0.2, 0) is 4.79 Å². The Morgan fingerprint density at radius 2 is 1.78 bits per heavy atom. The number of aromatic nitrogens is 2. The largest absolute Gasteiger partial charge is 0.508 e. The first-order valence-electron chi connectivity index (χ1n) is 15.9. The number of benzene rings is 3. The van der Waals surface area contributed by atoms with Crippen molar-refractivity contribution in [3.63, 3.8) is 0 Å². The number of phenols is 1. The van der Waals surface area contributed by atoms with E-state index in [4.69, 9.17) is 14.7 Å². The van der Waals surface area contributed by atoms with Crippen LogP contribution in [0, 0.1) is 0 Å². The van der Waals surface area contributed by atoms with Crippen molar-refractivity contribution in [1.82, 2.24) is 19.8 Å². The number of anilines is 1. The van der Waals surface area contributed by atoms with Gasteiger partial charge in [-0.2, -0.15) is 9.97 Å². The predicted octanol–water partition coefficient (Wildman–Crippen LogP) is 5.48. The number of carbonyl (C=O) groups is 1. The third kappa shape index (κ3) is 5.71. The van der Waals surface area contributed by atoms with Gasteiger partial charge in [0, 0.05) is 30.6 Å². The van der Waals surface area contributed by atoms with Crippen LogP contribution in [0.1, 0.15) is 46.0 Å². The maximum atomic E-state index is 13.1. The molecule has 3 aliphatic rings. The Bertz CT molecular complexity index is 1790. The SMILES string of the molecule is C=C(Oc1nc(N2C3CCC2CN(C(=O)CC(C)(C)O)C3)c2ccc(-c3cc(O)cc4ccccc34)cc2n1)[C@@H]1CCCN1C. The van der Waals surface area contributed by atoms with E-state index in [1.807, 2.05) is 29.2 Å². The second kappa shape index (κ2) is 11.3. The molecule has 3 aromatic carbocycles. The lowest BCUT2D eigenvalue weighted by Gasteiger charge is -2.42. The predicted molar refractivity (Wildman–Crippen MR) is 176 cm³/mol. The molecule has 7 rings (SSSR count). The molecular weight excluding hydrogens is 566 g/mol. The second-order valence-corrected chi connectivity index (χ2v) is 13.6. The van der Waals surface area contributed by atoms with Crippen molar-refractivity contribution >= 4 is 33.4 Å². The minimum Gasteiger partial charge on any atom is -0.508 e. The highest BCUT2D eigenvalue weighted by atomic mass is 16.5. The van der Waals surface area contributed by atoms with Crippen LogP contribution in [0.3, 0.4) is 0 Å². The Hall–Kier alpha value is -4.21. The summed E-state index contributed by atoms with van der Waals surface area (Å²) in [7, 11) is 2.08. The fourth-order valence-electron chi connectivity index (χ4n) is 7.47. The Labute approximate surface area is 263 Å². The van der Waals surface area contributed by atoms with Crippen LogP contribution in [-0.4, -0.2) is 86.3 Å². The van der Waals surface area contributed by atoms with E-state index in [9.17, 15) is 15.0 Å². The second-order valence-electron chi connectivity index (χ2n) is 13.6. The third-order valence-corrected chi connectivity index (χ3v) is 9.59. The Kier molecular flexibility index (Phi) is 7.41. The normalized spacial score (nSPS) is 22.0. The summed E-state index contributed by atoms with van der Waals surface area (Å²) in [6, 6.07) is 18.3. The number of amides is 1. The van der Waals surface area contributed by atoms with Crippen molar-refractivity contribution in [1.29, 1.82) is 0 Å². The van der Waals surface area contributed by atoms with E-state index < -0.39 is 5.60 Å². The van der Waals surface area contributed by atoms with E-state index in [-0.39, 0.29) is 42.2 Å². The average Bonchev–Trinajstić information content (AvgIpc) is 3.53. The zero-order chi connectivity index (χ0) is 31.5. The van der Waals surface area contributed by atoms with Gasteiger partial charge in [0.05, 0.1) is 23.6 Å². The van der Waals surface area contributed by atoms with Gasteiger partial charge in [0.25, 0.3) is 0 Å². The minimum atomic E-state index is -1.04. The molecule has 45 heavy (non-hydrogen) atoms. The smallest absolute Gasteiger partial charge is 0.324 e. The van der Waals surface area contributed by atoms with Gasteiger partial charge in [-0.15, -0.1) is 0 Å². The monoisotopic (exact) mass is 607 g/mol. The molecule has 0 aliphatic carbocycles. The number of fused-ring (bicyclic) bond motifs is 4. The van der Waals surface area contributed by atoms with Gasteiger partial charge in [0.1, 0.15) is 17.3 Å². The molecule has 4 aromatic rings. The highest BCUT2D eigenvalue weighted by Crippen LogP contribution is 2.41. The van der Waals surface area contributed by atoms with E-state index in [0.29, 0.717) is 18.8 Å². The van der Waals surface area contributed by atoms with Gasteiger partial charge in [0.2, 0.25) is 5.91 Å². The number of piperazine rings is 1. The fourth-order valence-corrected chi connectivity index (χ4v) is 7.47.